The van der Waals surface area contributed by atoms with Crippen molar-refractivity contribution in [1.29, 1.82) is 0 Å². The van der Waals surface area contributed by atoms with Gasteiger partial charge in [0.25, 0.3) is 11.8 Å². The van der Waals surface area contributed by atoms with Crippen LogP contribution in [0.15, 0.2) is 63.6 Å². The normalized spacial score (nSPS) is 14.2. The minimum absolute atomic E-state index is 0.0143. The molecule has 4 aromatic rings. The van der Waals surface area contributed by atoms with Crippen LogP contribution in [-0.2, 0) is 25.3 Å². The molecule has 1 aliphatic heterocycles. The topological polar surface area (TPSA) is 161 Å². The van der Waals surface area contributed by atoms with Gasteiger partial charge in [-0.2, -0.15) is 18.2 Å². The van der Waals surface area contributed by atoms with Crippen molar-refractivity contribution in [3.63, 3.8) is 0 Å². The molecular weight excluding hydrogens is 575 g/mol. The van der Waals surface area contributed by atoms with Crippen LogP contribution >= 0.6 is 0 Å². The van der Waals surface area contributed by atoms with Crippen molar-refractivity contribution < 1.29 is 46.4 Å². The molecule has 43 heavy (non-hydrogen) atoms. The van der Waals surface area contributed by atoms with Gasteiger partial charge in [0.15, 0.2) is 6.10 Å². The molecule has 0 aliphatic carbocycles. The maximum absolute atomic E-state index is 14.0. The summed E-state index contributed by atoms with van der Waals surface area (Å²) >= 11 is 0. The Labute approximate surface area is 241 Å². The van der Waals surface area contributed by atoms with E-state index in [1.165, 1.54) is 48.4 Å². The molecule has 0 radical (unpaired) electrons. The number of likely N-dealkylation sites (tertiary alicyclic amines) is 1. The summed E-state index contributed by atoms with van der Waals surface area (Å²) in [4.78, 5) is 41.5. The number of rotatable bonds is 9. The van der Waals surface area contributed by atoms with Crippen molar-refractivity contribution in [2.75, 3.05) is 26.7 Å². The number of aliphatic hydroxyl groups is 1. The molecule has 2 amide bonds. The summed E-state index contributed by atoms with van der Waals surface area (Å²) in [6.07, 6.45) is -6.40. The molecule has 3 heterocycles. The minimum Gasteiger partial charge on any atom is -0.469 e. The summed E-state index contributed by atoms with van der Waals surface area (Å²) in [7, 11) is 1.28. The molecule has 1 atom stereocenters. The minimum atomic E-state index is -4.83. The number of hydrogen-bond acceptors (Lipinski definition) is 10. The molecule has 1 unspecified atom stereocenters. The fraction of sp³-hybridized carbons (Fsp3) is 0.286. The molecule has 0 saturated carbocycles. The number of esters is 1. The average Bonchev–Trinajstić information content (AvgIpc) is 3.64. The fourth-order valence-corrected chi connectivity index (χ4v) is 4.44. The van der Waals surface area contributed by atoms with Gasteiger partial charge in [0.05, 0.1) is 13.0 Å². The lowest BCUT2D eigenvalue weighted by atomic mass is 10.00. The van der Waals surface area contributed by atoms with E-state index in [1.807, 2.05) is 0 Å². The number of hydrogen-bond donors (Lipinski definition) is 2. The van der Waals surface area contributed by atoms with Crippen LogP contribution in [0.2, 0.25) is 0 Å². The standard InChI is InChI=1S/C28H24F3N5O7/c1-41-27(40)18-13-36(14-18)19(37)11-12-32-25(39)22(38)16-7-9-17(10-8-16)24-33-26(43-35-24)23-20(28(29,30)31)21(34-42-23)15-5-3-2-4-6-15/h2-10,18,22,38H,11-14H2,1H3,(H,32,39). The highest BCUT2D eigenvalue weighted by atomic mass is 19.4. The molecule has 2 aromatic heterocycles. The van der Waals surface area contributed by atoms with Gasteiger partial charge >= 0.3 is 12.1 Å². The Kier molecular flexibility index (Phi) is 8.25. The molecule has 15 heteroatoms. The SMILES string of the molecule is COC(=O)C1CN(C(=O)CCNC(=O)C(O)c2ccc(-c3noc(-c4onc(-c5ccccc5)c4C(F)(F)F)n3)cc2)C1. The summed E-state index contributed by atoms with van der Waals surface area (Å²) in [5, 5.41) is 20.2. The zero-order valence-electron chi connectivity index (χ0n) is 22.5. The number of ether oxygens (including phenoxy) is 1. The van der Waals surface area contributed by atoms with E-state index in [1.54, 1.807) is 18.2 Å². The van der Waals surface area contributed by atoms with E-state index in [4.69, 9.17) is 9.05 Å². The van der Waals surface area contributed by atoms with E-state index in [9.17, 15) is 32.7 Å². The second kappa shape index (κ2) is 12.1. The number of benzene rings is 2. The molecule has 5 rings (SSSR count). The van der Waals surface area contributed by atoms with Gasteiger partial charge in [-0.3, -0.25) is 14.4 Å². The summed E-state index contributed by atoms with van der Waals surface area (Å²) in [6.45, 7) is 0.491. The highest BCUT2D eigenvalue weighted by molar-refractivity contribution is 5.84. The van der Waals surface area contributed by atoms with E-state index < -0.39 is 41.1 Å². The number of nitrogens with zero attached hydrogens (tertiary/aromatic N) is 4. The first-order valence-corrected chi connectivity index (χ1v) is 12.9. The van der Waals surface area contributed by atoms with Gasteiger partial charge in [-0.1, -0.05) is 64.9 Å². The maximum atomic E-state index is 14.0. The van der Waals surface area contributed by atoms with Crippen LogP contribution in [0.1, 0.15) is 23.7 Å². The number of alkyl halides is 3. The van der Waals surface area contributed by atoms with Gasteiger partial charge in [0, 0.05) is 37.2 Å². The smallest absolute Gasteiger partial charge is 0.422 e. The molecule has 2 N–H and O–H groups in total. The number of amides is 2. The van der Waals surface area contributed by atoms with Crippen LogP contribution in [0.5, 0.6) is 0 Å². The molecule has 1 aliphatic rings. The van der Waals surface area contributed by atoms with E-state index >= 15 is 0 Å². The van der Waals surface area contributed by atoms with E-state index in [0.717, 1.165) is 0 Å². The van der Waals surface area contributed by atoms with Crippen molar-refractivity contribution in [1.82, 2.24) is 25.5 Å². The second-order valence-electron chi connectivity index (χ2n) is 9.61. The molecule has 12 nitrogen and oxygen atoms in total. The molecule has 0 spiro atoms. The van der Waals surface area contributed by atoms with Gasteiger partial charge < -0.3 is 29.1 Å². The van der Waals surface area contributed by atoms with Crippen molar-refractivity contribution in [2.24, 2.45) is 5.92 Å². The molecule has 0 bridgehead atoms. The first kappa shape index (κ1) is 29.4. The zero-order valence-corrected chi connectivity index (χ0v) is 22.5. The Morgan fingerprint density at radius 3 is 2.40 bits per heavy atom. The number of carbonyl (C=O) groups is 3. The Bertz CT molecular complexity index is 1610. The number of nitrogens with one attached hydrogen (secondary N) is 1. The van der Waals surface area contributed by atoms with Crippen LogP contribution in [0.4, 0.5) is 13.2 Å². The van der Waals surface area contributed by atoms with Crippen LogP contribution in [0.25, 0.3) is 34.3 Å². The molecule has 224 valence electrons. The lowest BCUT2D eigenvalue weighted by Crippen LogP contribution is -2.53. The van der Waals surface area contributed by atoms with Crippen molar-refractivity contribution in [3.05, 3.63) is 65.7 Å². The van der Waals surface area contributed by atoms with Gasteiger partial charge in [-0.05, 0) is 5.56 Å². The van der Waals surface area contributed by atoms with Crippen LogP contribution in [0, 0.1) is 5.92 Å². The molecule has 1 saturated heterocycles. The molecule has 1 fully saturated rings. The number of methoxy groups -OCH3 is 1. The van der Waals surface area contributed by atoms with Gasteiger partial charge in [-0.15, -0.1) is 0 Å². The van der Waals surface area contributed by atoms with Gasteiger partial charge in [-0.25, -0.2) is 0 Å². The van der Waals surface area contributed by atoms with Crippen molar-refractivity contribution >= 4 is 17.8 Å². The monoisotopic (exact) mass is 599 g/mol. The largest absolute Gasteiger partial charge is 0.469 e. The van der Waals surface area contributed by atoms with Crippen LogP contribution in [-0.4, -0.2) is 69.8 Å². The predicted octanol–water partition coefficient (Wildman–Crippen LogP) is 3.25. The number of carbonyl (C=O) groups excluding carboxylic acids is 3. The Balaban J connectivity index is 1.20. The Morgan fingerprint density at radius 2 is 1.74 bits per heavy atom. The van der Waals surface area contributed by atoms with Crippen LogP contribution in [0.3, 0.4) is 0 Å². The second-order valence-corrected chi connectivity index (χ2v) is 9.61. The Morgan fingerprint density at radius 1 is 1.05 bits per heavy atom. The summed E-state index contributed by atoms with van der Waals surface area (Å²) in [5.41, 5.74) is -0.846. The summed E-state index contributed by atoms with van der Waals surface area (Å²) in [5.74, 6) is -3.04. The lowest BCUT2D eigenvalue weighted by Gasteiger charge is -2.37. The fourth-order valence-electron chi connectivity index (χ4n) is 4.44. The number of aliphatic hydroxyl groups excluding tert-OH is 1. The van der Waals surface area contributed by atoms with Crippen LogP contribution < -0.4 is 5.32 Å². The third-order valence-electron chi connectivity index (χ3n) is 6.78. The van der Waals surface area contributed by atoms with Gasteiger partial charge in [0.2, 0.25) is 17.5 Å². The number of aromatic nitrogens is 3. The van der Waals surface area contributed by atoms with Crippen molar-refractivity contribution in [3.8, 4) is 34.3 Å². The van der Waals surface area contributed by atoms with Crippen molar-refractivity contribution in [2.45, 2.75) is 18.7 Å². The summed E-state index contributed by atoms with van der Waals surface area (Å²) in [6, 6.07) is 13.4. The van der Waals surface area contributed by atoms with Gasteiger partial charge in [0.1, 0.15) is 11.3 Å². The predicted molar refractivity (Wildman–Crippen MR) is 140 cm³/mol. The first-order valence-electron chi connectivity index (χ1n) is 12.9. The maximum Gasteiger partial charge on any atom is 0.422 e. The summed E-state index contributed by atoms with van der Waals surface area (Å²) < 4.78 is 56.6. The van der Waals surface area contributed by atoms with E-state index in [0.29, 0.717) is 5.56 Å². The Hall–Kier alpha value is -5.05. The third-order valence-corrected chi connectivity index (χ3v) is 6.78. The highest BCUT2D eigenvalue weighted by Gasteiger charge is 2.43. The third kappa shape index (κ3) is 6.25. The zero-order chi connectivity index (χ0) is 30.7. The first-order chi connectivity index (χ1) is 20.6. The number of halogens is 3. The highest BCUT2D eigenvalue weighted by Crippen LogP contribution is 2.43. The van der Waals surface area contributed by atoms with E-state index in [-0.39, 0.29) is 60.8 Å². The average molecular weight is 600 g/mol. The molecular formula is C28H24F3N5O7. The molecule has 2 aromatic carbocycles. The quantitative estimate of drug-likeness (QED) is 0.273. The lowest BCUT2D eigenvalue weighted by molar-refractivity contribution is -0.155. The van der Waals surface area contributed by atoms with E-state index in [2.05, 4.69) is 25.4 Å².